The summed E-state index contributed by atoms with van der Waals surface area (Å²) < 4.78 is 5.49. The van der Waals surface area contributed by atoms with E-state index in [1.165, 1.54) is 0 Å². The van der Waals surface area contributed by atoms with Gasteiger partial charge in [0, 0.05) is 30.4 Å². The number of nitrogens with one attached hydrogen (secondary N) is 1. The van der Waals surface area contributed by atoms with Gasteiger partial charge in [0.25, 0.3) is 0 Å². The molecule has 0 rings (SSSR count). The number of aliphatic imine (C=N–C) groups is 1. The third-order valence-electron chi connectivity index (χ3n) is 3.27. The number of hydrogen-bond acceptors (Lipinski definition) is 7. The van der Waals surface area contributed by atoms with Crippen molar-refractivity contribution >= 4 is 37.9 Å². The standard InChI is InChI=1S/C18H32N2O4S.C2H6.CH4S/c1-18(2,25)9-8-17(23)20-10-4-5-12-24-16(7-6-11-21)13-15(14-22)19-3;2*1-2/h7,13,21-22,25H,3-6,8-12,14H2,1-2H3,(H,20,23);1-2H3;2H,1H3/b15-13-,16-7+;;. The van der Waals surface area contributed by atoms with E-state index in [0.717, 1.165) is 19.3 Å². The lowest BCUT2D eigenvalue weighted by Gasteiger charge is -2.16. The largest absolute Gasteiger partial charge is 0.494 e. The first-order chi connectivity index (χ1) is 13.8. The molecule has 0 saturated heterocycles. The fraction of sp³-hybridized carbons (Fsp3) is 0.714. The molecule has 0 fully saturated rings. The Morgan fingerprint density at radius 3 is 2.34 bits per heavy atom. The summed E-state index contributed by atoms with van der Waals surface area (Å²) in [4.78, 5) is 15.4. The van der Waals surface area contributed by atoms with E-state index in [1.54, 1.807) is 18.4 Å². The number of aliphatic hydroxyl groups is 2. The third kappa shape index (κ3) is 25.0. The van der Waals surface area contributed by atoms with Gasteiger partial charge < -0.3 is 20.3 Å². The van der Waals surface area contributed by atoms with Gasteiger partial charge in [-0.05, 0) is 44.7 Å². The number of ether oxygens (including phenoxy) is 1. The minimum atomic E-state index is -0.224. The Morgan fingerprint density at radius 2 is 1.86 bits per heavy atom. The maximum Gasteiger partial charge on any atom is 0.220 e. The van der Waals surface area contributed by atoms with Crippen molar-refractivity contribution in [3.63, 3.8) is 0 Å². The van der Waals surface area contributed by atoms with Crippen molar-refractivity contribution in [2.45, 2.75) is 64.5 Å². The van der Waals surface area contributed by atoms with Crippen LogP contribution in [0.25, 0.3) is 0 Å². The highest BCUT2D eigenvalue weighted by atomic mass is 32.1. The fourth-order valence-electron chi connectivity index (χ4n) is 1.82. The van der Waals surface area contributed by atoms with E-state index in [9.17, 15) is 4.79 Å². The second-order valence-corrected chi connectivity index (χ2v) is 7.50. The smallest absolute Gasteiger partial charge is 0.220 e. The van der Waals surface area contributed by atoms with Gasteiger partial charge in [-0.15, -0.1) is 0 Å². The molecule has 0 bridgehead atoms. The number of carbonyl (C=O) groups is 1. The van der Waals surface area contributed by atoms with E-state index in [-0.39, 0.29) is 23.9 Å². The Bertz CT molecular complexity index is 462. The summed E-state index contributed by atoms with van der Waals surface area (Å²) in [7, 11) is 0. The molecule has 0 aliphatic carbocycles. The van der Waals surface area contributed by atoms with E-state index >= 15 is 0 Å². The van der Waals surface area contributed by atoms with Crippen LogP contribution in [-0.2, 0) is 9.53 Å². The number of unbranched alkanes of at least 4 members (excludes halogenated alkanes) is 1. The number of amides is 1. The van der Waals surface area contributed by atoms with Crippen LogP contribution in [-0.4, -0.2) is 60.2 Å². The SMILES string of the molecule is C=N/C(=C\C(=C/CCO)OCCCCNC(=O)CCC(C)(C)S)CO.CC.CS. The quantitative estimate of drug-likeness (QED) is 0.0915. The van der Waals surface area contributed by atoms with Crippen LogP contribution in [0, 0.1) is 0 Å². The highest BCUT2D eigenvalue weighted by molar-refractivity contribution is 7.81. The van der Waals surface area contributed by atoms with Crippen LogP contribution in [0.2, 0.25) is 0 Å². The van der Waals surface area contributed by atoms with E-state index in [1.807, 2.05) is 27.7 Å². The molecule has 3 N–H and O–H groups in total. The second kappa shape index (κ2) is 23.3. The molecular weight excluding hydrogens is 408 g/mol. The first-order valence-electron chi connectivity index (χ1n) is 9.98. The lowest BCUT2D eigenvalue weighted by atomic mass is 10.1. The van der Waals surface area contributed by atoms with Gasteiger partial charge in [-0.1, -0.05) is 27.7 Å². The van der Waals surface area contributed by atoms with Crippen molar-refractivity contribution in [1.29, 1.82) is 0 Å². The number of thiol groups is 2. The molecule has 8 heteroatoms. The summed E-state index contributed by atoms with van der Waals surface area (Å²) in [6.45, 7) is 12.2. The molecule has 0 saturated carbocycles. The van der Waals surface area contributed by atoms with Crippen LogP contribution in [0.3, 0.4) is 0 Å². The number of aliphatic hydroxyl groups excluding tert-OH is 2. The number of rotatable bonds is 14. The lowest BCUT2D eigenvalue weighted by molar-refractivity contribution is -0.121. The van der Waals surface area contributed by atoms with Crippen LogP contribution in [0.4, 0.5) is 0 Å². The van der Waals surface area contributed by atoms with Gasteiger partial charge in [0.1, 0.15) is 5.76 Å². The van der Waals surface area contributed by atoms with Gasteiger partial charge >= 0.3 is 0 Å². The molecule has 0 aromatic carbocycles. The van der Waals surface area contributed by atoms with Gasteiger partial charge in [-0.2, -0.15) is 25.3 Å². The first kappa shape index (κ1) is 32.7. The minimum absolute atomic E-state index is 0.0196. The molecule has 0 heterocycles. The molecule has 6 nitrogen and oxygen atoms in total. The topological polar surface area (TPSA) is 91.2 Å². The number of hydrogen-bond donors (Lipinski definition) is 5. The first-order valence-corrected chi connectivity index (χ1v) is 11.3. The molecule has 0 atom stereocenters. The number of allylic oxidation sites excluding steroid dienone is 1. The molecule has 29 heavy (non-hydrogen) atoms. The van der Waals surface area contributed by atoms with Crippen molar-refractivity contribution in [3.8, 4) is 0 Å². The van der Waals surface area contributed by atoms with Crippen molar-refractivity contribution < 1.29 is 19.7 Å². The summed E-state index contributed by atoms with van der Waals surface area (Å²) in [6, 6.07) is 0. The average molecular weight is 451 g/mol. The molecule has 172 valence electrons. The Labute approximate surface area is 188 Å². The fourth-order valence-corrected chi connectivity index (χ4v) is 1.94. The molecule has 1 amide bonds. The summed E-state index contributed by atoms with van der Waals surface area (Å²) in [5.74, 6) is 0.588. The predicted molar refractivity (Wildman–Crippen MR) is 131 cm³/mol. The summed E-state index contributed by atoms with van der Waals surface area (Å²) in [6.07, 6.45) is 8.29. The molecule has 0 aromatic rings. The third-order valence-corrected chi connectivity index (χ3v) is 3.50. The van der Waals surface area contributed by atoms with Gasteiger partial charge in [-0.3, -0.25) is 9.79 Å². The van der Waals surface area contributed by atoms with Gasteiger partial charge in [-0.25, -0.2) is 0 Å². The summed E-state index contributed by atoms with van der Waals surface area (Å²) >= 11 is 7.93. The Morgan fingerprint density at radius 1 is 1.24 bits per heavy atom. The van der Waals surface area contributed by atoms with Crippen LogP contribution < -0.4 is 5.32 Å². The van der Waals surface area contributed by atoms with Crippen LogP contribution in [0.1, 0.15) is 59.8 Å². The van der Waals surface area contributed by atoms with Crippen LogP contribution >= 0.6 is 25.3 Å². The van der Waals surface area contributed by atoms with Crippen molar-refractivity contribution in [1.82, 2.24) is 5.32 Å². The normalized spacial score (nSPS) is 11.5. The Balaban J connectivity index is -0.00000158. The zero-order chi connectivity index (χ0) is 23.1. The maximum atomic E-state index is 11.7. The van der Waals surface area contributed by atoms with Crippen molar-refractivity contribution in [3.05, 3.63) is 23.6 Å². The number of carbonyl (C=O) groups excluding carboxylic acids is 1. The summed E-state index contributed by atoms with van der Waals surface area (Å²) in [5.41, 5.74) is 0.406. The van der Waals surface area contributed by atoms with Crippen molar-refractivity contribution in [2.24, 2.45) is 4.99 Å². The predicted octanol–water partition coefficient (Wildman–Crippen LogP) is 3.80. The molecule has 0 spiro atoms. The Hall–Kier alpha value is -0.960. The lowest BCUT2D eigenvalue weighted by Crippen LogP contribution is -2.26. The average Bonchev–Trinajstić information content (AvgIpc) is 2.72. The van der Waals surface area contributed by atoms with Gasteiger partial charge in [0.05, 0.1) is 18.9 Å². The molecular formula is C21H42N2O4S2. The molecule has 0 radical (unpaired) electrons. The van der Waals surface area contributed by atoms with E-state index in [0.29, 0.717) is 37.4 Å². The second-order valence-electron chi connectivity index (χ2n) is 6.29. The monoisotopic (exact) mass is 450 g/mol. The van der Waals surface area contributed by atoms with E-state index < -0.39 is 0 Å². The highest BCUT2D eigenvalue weighted by Gasteiger charge is 2.13. The molecule has 0 unspecified atom stereocenters. The van der Waals surface area contributed by atoms with E-state index in [2.05, 4.69) is 42.3 Å². The highest BCUT2D eigenvalue weighted by Crippen LogP contribution is 2.18. The molecule has 0 aromatic heterocycles. The maximum absolute atomic E-state index is 11.7. The van der Waals surface area contributed by atoms with Gasteiger partial charge in [0.2, 0.25) is 5.91 Å². The van der Waals surface area contributed by atoms with Crippen LogP contribution in [0.15, 0.2) is 28.6 Å². The molecule has 0 aliphatic heterocycles. The zero-order valence-electron chi connectivity index (χ0n) is 18.8. The summed E-state index contributed by atoms with van der Waals surface area (Å²) in [5, 5.41) is 20.9. The Kier molecular flexibility index (Phi) is 26.3. The van der Waals surface area contributed by atoms with Crippen LogP contribution in [0.5, 0.6) is 0 Å². The zero-order valence-corrected chi connectivity index (χ0v) is 20.6. The van der Waals surface area contributed by atoms with Crippen molar-refractivity contribution in [2.75, 3.05) is 32.6 Å². The van der Waals surface area contributed by atoms with Gasteiger partial charge in [0.15, 0.2) is 0 Å². The minimum Gasteiger partial charge on any atom is -0.494 e. The number of nitrogens with zero attached hydrogens (tertiary/aromatic N) is 1. The van der Waals surface area contributed by atoms with E-state index in [4.69, 9.17) is 14.9 Å². The molecule has 0 aliphatic rings.